The first-order valence-corrected chi connectivity index (χ1v) is 11.2. The van der Waals surface area contributed by atoms with Gasteiger partial charge in [-0.1, -0.05) is 18.2 Å². The second-order valence-electron chi connectivity index (χ2n) is 8.30. The number of fused-ring (bicyclic) bond motifs is 1. The Hall–Kier alpha value is -2.34. The normalized spacial score (nSPS) is 19.1. The summed E-state index contributed by atoms with van der Waals surface area (Å²) in [6.07, 6.45) is 2.56. The van der Waals surface area contributed by atoms with Crippen molar-refractivity contribution < 1.29 is 9.59 Å². The van der Waals surface area contributed by atoms with E-state index in [4.69, 9.17) is 0 Å². The van der Waals surface area contributed by atoms with Crippen LogP contribution in [0.15, 0.2) is 30.3 Å². The minimum atomic E-state index is 0.0458. The van der Waals surface area contributed by atoms with Crippen molar-refractivity contribution in [2.75, 3.05) is 45.2 Å². The summed E-state index contributed by atoms with van der Waals surface area (Å²) in [6.45, 7) is 5.47. The molecular formula is C23H29N3O2S. The van der Waals surface area contributed by atoms with Gasteiger partial charge in [-0.25, -0.2) is 0 Å². The summed E-state index contributed by atoms with van der Waals surface area (Å²) in [5.74, 6) is 0.385. The Morgan fingerprint density at radius 3 is 2.52 bits per heavy atom. The highest BCUT2D eigenvalue weighted by atomic mass is 32.1. The molecule has 0 radical (unpaired) electrons. The summed E-state index contributed by atoms with van der Waals surface area (Å²) in [7, 11) is 3.56. The van der Waals surface area contributed by atoms with Gasteiger partial charge in [-0.2, -0.15) is 0 Å². The number of hydrogen-bond donors (Lipinski definition) is 0. The number of carbonyl (C=O) groups excluding carboxylic acids is 2. The van der Waals surface area contributed by atoms with Crippen LogP contribution >= 0.6 is 11.3 Å². The molecule has 0 bridgehead atoms. The Morgan fingerprint density at radius 2 is 1.83 bits per heavy atom. The van der Waals surface area contributed by atoms with Crippen LogP contribution in [0, 0.1) is 12.8 Å². The van der Waals surface area contributed by atoms with Gasteiger partial charge in [0.25, 0.3) is 5.91 Å². The lowest BCUT2D eigenvalue weighted by atomic mass is 9.87. The molecule has 1 atom stereocenters. The average Bonchev–Trinajstić information content (AvgIpc) is 3.16. The average molecular weight is 412 g/mol. The van der Waals surface area contributed by atoms with Gasteiger partial charge < -0.3 is 14.7 Å². The van der Waals surface area contributed by atoms with Crippen LogP contribution in [0.2, 0.25) is 0 Å². The van der Waals surface area contributed by atoms with Gasteiger partial charge in [0.1, 0.15) is 0 Å². The molecule has 154 valence electrons. The van der Waals surface area contributed by atoms with Crippen molar-refractivity contribution in [2.24, 2.45) is 5.92 Å². The molecule has 1 aromatic heterocycles. The Morgan fingerprint density at radius 1 is 1.10 bits per heavy atom. The maximum atomic E-state index is 13.2. The van der Waals surface area contributed by atoms with E-state index in [1.807, 2.05) is 11.0 Å². The van der Waals surface area contributed by atoms with Crippen LogP contribution in [0.25, 0.3) is 0 Å². The topological polar surface area (TPSA) is 43.9 Å². The number of carbonyl (C=O) groups is 2. The smallest absolute Gasteiger partial charge is 0.263 e. The molecule has 0 N–H and O–H groups in total. The monoisotopic (exact) mass is 411 g/mol. The molecule has 0 saturated carbocycles. The van der Waals surface area contributed by atoms with Crippen LogP contribution in [0.4, 0.5) is 5.69 Å². The lowest BCUT2D eigenvalue weighted by Crippen LogP contribution is -2.51. The van der Waals surface area contributed by atoms with Gasteiger partial charge in [-0.15, -0.1) is 11.3 Å². The van der Waals surface area contributed by atoms with Crippen LogP contribution in [-0.2, 0) is 17.6 Å². The lowest BCUT2D eigenvalue weighted by molar-refractivity contribution is -0.136. The van der Waals surface area contributed by atoms with E-state index in [0.29, 0.717) is 0 Å². The molecule has 1 aromatic carbocycles. The second-order valence-corrected chi connectivity index (χ2v) is 9.43. The number of nitrogens with zero attached hydrogens (tertiary/aromatic N) is 3. The third-order valence-electron chi connectivity index (χ3n) is 6.10. The number of hydrogen-bond acceptors (Lipinski definition) is 4. The van der Waals surface area contributed by atoms with E-state index in [0.717, 1.165) is 50.3 Å². The number of thiophene rings is 1. The molecule has 6 heteroatoms. The van der Waals surface area contributed by atoms with Gasteiger partial charge in [0.15, 0.2) is 0 Å². The highest BCUT2D eigenvalue weighted by Gasteiger charge is 2.32. The van der Waals surface area contributed by atoms with E-state index in [-0.39, 0.29) is 17.7 Å². The third-order valence-corrected chi connectivity index (χ3v) is 7.32. The van der Waals surface area contributed by atoms with E-state index < -0.39 is 0 Å². The lowest BCUT2D eigenvalue weighted by Gasteiger charge is -2.38. The minimum absolute atomic E-state index is 0.0458. The molecule has 29 heavy (non-hydrogen) atoms. The summed E-state index contributed by atoms with van der Waals surface area (Å²) in [4.78, 5) is 33.5. The Kier molecular flexibility index (Phi) is 5.63. The summed E-state index contributed by atoms with van der Waals surface area (Å²) in [6, 6.07) is 10.5. The van der Waals surface area contributed by atoms with Crippen molar-refractivity contribution in [1.29, 1.82) is 0 Å². The fraction of sp³-hybridized carbons (Fsp3) is 0.478. The molecule has 2 amide bonds. The van der Waals surface area contributed by atoms with E-state index in [1.54, 1.807) is 30.3 Å². The predicted molar refractivity (Wildman–Crippen MR) is 118 cm³/mol. The number of para-hydroxylation sites is 1. The molecule has 2 heterocycles. The predicted octanol–water partition coefficient (Wildman–Crippen LogP) is 3.21. The first-order chi connectivity index (χ1) is 13.9. The molecule has 5 nitrogen and oxygen atoms in total. The van der Waals surface area contributed by atoms with Crippen LogP contribution < -0.4 is 4.90 Å². The van der Waals surface area contributed by atoms with E-state index >= 15 is 0 Å². The molecule has 4 rings (SSSR count). The summed E-state index contributed by atoms with van der Waals surface area (Å²) in [5, 5.41) is 0. The van der Waals surface area contributed by atoms with Crippen molar-refractivity contribution in [3.05, 3.63) is 51.2 Å². The standard InChI is InChI=1S/C23H29N3O2S/c1-16-6-4-5-7-19(16)25-10-12-26(13-11-25)22(27)17-8-9-20-18(14-17)15-21(29-20)23(28)24(2)3/h4-7,15,17H,8-14H2,1-3H3/t17-/m1/s1. The van der Waals surface area contributed by atoms with Gasteiger partial charge >= 0.3 is 0 Å². The van der Waals surface area contributed by atoms with Crippen LogP contribution in [0.3, 0.4) is 0 Å². The van der Waals surface area contributed by atoms with Gasteiger partial charge in [0.05, 0.1) is 4.88 Å². The third kappa shape index (κ3) is 4.04. The zero-order valence-electron chi connectivity index (χ0n) is 17.5. The molecule has 0 unspecified atom stereocenters. The molecule has 1 aliphatic heterocycles. The summed E-state index contributed by atoms with van der Waals surface area (Å²) >= 11 is 1.60. The summed E-state index contributed by atoms with van der Waals surface area (Å²) in [5.41, 5.74) is 3.76. The number of benzene rings is 1. The van der Waals surface area contributed by atoms with Gasteiger partial charge in [-0.05, 0) is 49.4 Å². The molecule has 1 fully saturated rings. The number of rotatable bonds is 3. The zero-order valence-corrected chi connectivity index (χ0v) is 18.3. The van der Waals surface area contributed by atoms with E-state index in [9.17, 15) is 9.59 Å². The number of piperazine rings is 1. The second kappa shape index (κ2) is 8.19. The van der Waals surface area contributed by atoms with Gasteiger partial charge in [0, 0.05) is 56.8 Å². The minimum Gasteiger partial charge on any atom is -0.368 e. The molecule has 2 aromatic rings. The molecule has 1 saturated heterocycles. The highest BCUT2D eigenvalue weighted by molar-refractivity contribution is 7.14. The maximum absolute atomic E-state index is 13.2. The first-order valence-electron chi connectivity index (χ1n) is 10.4. The molecule has 2 aliphatic rings. The number of anilines is 1. The fourth-order valence-electron chi connectivity index (χ4n) is 4.40. The van der Waals surface area contributed by atoms with Crippen molar-refractivity contribution in [3.8, 4) is 0 Å². The van der Waals surface area contributed by atoms with Crippen molar-refractivity contribution in [2.45, 2.75) is 26.2 Å². The molecular weight excluding hydrogens is 382 g/mol. The SMILES string of the molecule is Cc1ccccc1N1CCN(C(=O)[C@@H]2CCc3sc(C(=O)N(C)C)cc3C2)CC1. The van der Waals surface area contributed by atoms with E-state index in [2.05, 4.69) is 36.1 Å². The first kappa shape index (κ1) is 20.0. The van der Waals surface area contributed by atoms with Crippen molar-refractivity contribution >= 4 is 28.8 Å². The van der Waals surface area contributed by atoms with Crippen molar-refractivity contribution in [3.63, 3.8) is 0 Å². The molecule has 1 aliphatic carbocycles. The number of amides is 2. The zero-order chi connectivity index (χ0) is 20.5. The largest absolute Gasteiger partial charge is 0.368 e. The van der Waals surface area contributed by atoms with Crippen LogP contribution in [0.5, 0.6) is 0 Å². The van der Waals surface area contributed by atoms with Crippen LogP contribution in [-0.4, -0.2) is 61.9 Å². The number of aryl methyl sites for hydroxylation is 2. The van der Waals surface area contributed by atoms with Crippen molar-refractivity contribution in [1.82, 2.24) is 9.80 Å². The Bertz CT molecular complexity index is 913. The Balaban J connectivity index is 1.38. The van der Waals surface area contributed by atoms with Crippen LogP contribution in [0.1, 0.15) is 32.1 Å². The van der Waals surface area contributed by atoms with E-state index in [1.165, 1.54) is 21.7 Å². The fourth-order valence-corrected chi connectivity index (χ4v) is 5.63. The van der Waals surface area contributed by atoms with Gasteiger partial charge in [-0.3, -0.25) is 9.59 Å². The molecule has 0 spiro atoms. The summed E-state index contributed by atoms with van der Waals surface area (Å²) < 4.78 is 0. The maximum Gasteiger partial charge on any atom is 0.263 e. The highest BCUT2D eigenvalue weighted by Crippen LogP contribution is 2.34. The Labute approximate surface area is 176 Å². The quantitative estimate of drug-likeness (QED) is 0.779. The van der Waals surface area contributed by atoms with Gasteiger partial charge in [0.2, 0.25) is 5.91 Å².